The van der Waals surface area contributed by atoms with E-state index in [0.29, 0.717) is 6.54 Å². The summed E-state index contributed by atoms with van der Waals surface area (Å²) in [5, 5.41) is 5.30. The molecule has 0 unspecified atom stereocenters. The van der Waals surface area contributed by atoms with E-state index in [4.69, 9.17) is 0 Å². The van der Waals surface area contributed by atoms with E-state index in [2.05, 4.69) is 5.32 Å². The normalized spacial score (nSPS) is 10.0. The van der Waals surface area contributed by atoms with E-state index in [0.717, 1.165) is 22.9 Å². The highest BCUT2D eigenvalue weighted by molar-refractivity contribution is 5.98. The SMILES string of the molecule is CNCCN(C)C(=O)c1ccc2ccccc2c1.Cl. The molecule has 2 aromatic rings. The molecule has 0 saturated heterocycles. The standard InChI is InChI=1S/C15H18N2O.ClH/c1-16-9-10-17(2)15(18)14-8-7-12-5-3-4-6-13(12)11-14;/h3-8,11,16H,9-10H2,1-2H3;1H. The molecule has 19 heavy (non-hydrogen) atoms. The van der Waals surface area contributed by atoms with E-state index in [-0.39, 0.29) is 18.3 Å². The average Bonchev–Trinajstić information content (AvgIpc) is 2.43. The van der Waals surface area contributed by atoms with Gasteiger partial charge in [0.1, 0.15) is 0 Å². The number of nitrogens with one attached hydrogen (secondary N) is 1. The van der Waals surface area contributed by atoms with Crippen molar-refractivity contribution in [2.24, 2.45) is 0 Å². The summed E-state index contributed by atoms with van der Waals surface area (Å²) in [5.41, 5.74) is 0.743. The molecule has 102 valence electrons. The van der Waals surface area contributed by atoms with Crippen molar-refractivity contribution in [3.8, 4) is 0 Å². The number of nitrogens with zero attached hydrogens (tertiary/aromatic N) is 1. The number of amides is 1. The maximum atomic E-state index is 12.2. The quantitative estimate of drug-likeness (QED) is 0.932. The smallest absolute Gasteiger partial charge is 0.253 e. The van der Waals surface area contributed by atoms with Crippen LogP contribution < -0.4 is 5.32 Å². The third-order valence-corrected chi connectivity index (χ3v) is 3.04. The molecule has 0 aliphatic carbocycles. The monoisotopic (exact) mass is 278 g/mol. The minimum Gasteiger partial charge on any atom is -0.340 e. The lowest BCUT2D eigenvalue weighted by Gasteiger charge is -2.17. The summed E-state index contributed by atoms with van der Waals surface area (Å²) in [6.07, 6.45) is 0. The molecule has 0 aliphatic heterocycles. The third kappa shape index (κ3) is 3.69. The molecule has 1 N–H and O–H groups in total. The second-order valence-corrected chi connectivity index (χ2v) is 4.39. The van der Waals surface area contributed by atoms with Crippen LogP contribution in [-0.2, 0) is 0 Å². The molecular weight excluding hydrogens is 260 g/mol. The highest BCUT2D eigenvalue weighted by atomic mass is 35.5. The zero-order valence-corrected chi connectivity index (χ0v) is 12.0. The van der Waals surface area contributed by atoms with Gasteiger partial charge in [0.25, 0.3) is 5.91 Å². The van der Waals surface area contributed by atoms with Gasteiger partial charge < -0.3 is 10.2 Å². The lowest BCUT2D eigenvalue weighted by atomic mass is 10.1. The van der Waals surface area contributed by atoms with E-state index in [1.165, 1.54) is 0 Å². The van der Waals surface area contributed by atoms with Crippen LogP contribution in [0.2, 0.25) is 0 Å². The first kappa shape index (κ1) is 15.5. The molecule has 3 nitrogen and oxygen atoms in total. The predicted octanol–water partition coefficient (Wildman–Crippen LogP) is 2.55. The molecule has 0 aliphatic rings. The van der Waals surface area contributed by atoms with Crippen LogP contribution in [0.15, 0.2) is 42.5 Å². The molecule has 0 heterocycles. The van der Waals surface area contributed by atoms with Gasteiger partial charge in [-0.05, 0) is 30.0 Å². The molecule has 1 amide bonds. The number of hydrogen-bond donors (Lipinski definition) is 1. The van der Waals surface area contributed by atoms with Crippen molar-refractivity contribution in [1.82, 2.24) is 10.2 Å². The minimum absolute atomic E-state index is 0. The van der Waals surface area contributed by atoms with Crippen molar-refractivity contribution in [1.29, 1.82) is 0 Å². The average molecular weight is 279 g/mol. The molecule has 0 atom stereocenters. The van der Waals surface area contributed by atoms with Crippen molar-refractivity contribution < 1.29 is 4.79 Å². The topological polar surface area (TPSA) is 32.3 Å². The van der Waals surface area contributed by atoms with Gasteiger partial charge in [-0.25, -0.2) is 0 Å². The molecule has 0 saturated carbocycles. The van der Waals surface area contributed by atoms with Gasteiger partial charge in [-0.3, -0.25) is 4.79 Å². The highest BCUT2D eigenvalue weighted by Crippen LogP contribution is 2.16. The zero-order valence-electron chi connectivity index (χ0n) is 11.2. The molecule has 0 radical (unpaired) electrons. The summed E-state index contributed by atoms with van der Waals surface area (Å²) in [6.45, 7) is 1.51. The van der Waals surface area contributed by atoms with Crippen LogP contribution >= 0.6 is 12.4 Å². The van der Waals surface area contributed by atoms with Crippen molar-refractivity contribution >= 4 is 29.1 Å². The van der Waals surface area contributed by atoms with Crippen molar-refractivity contribution in [3.63, 3.8) is 0 Å². The van der Waals surface area contributed by atoms with Gasteiger partial charge in [-0.1, -0.05) is 30.3 Å². The van der Waals surface area contributed by atoms with E-state index >= 15 is 0 Å². The third-order valence-electron chi connectivity index (χ3n) is 3.04. The van der Waals surface area contributed by atoms with Crippen LogP contribution in [0, 0.1) is 0 Å². The number of carbonyl (C=O) groups excluding carboxylic acids is 1. The Morgan fingerprint density at radius 1 is 1.16 bits per heavy atom. The largest absolute Gasteiger partial charge is 0.340 e. The summed E-state index contributed by atoms with van der Waals surface area (Å²) < 4.78 is 0. The number of likely N-dealkylation sites (N-methyl/N-ethyl adjacent to an activating group) is 2. The number of carbonyl (C=O) groups is 1. The Hall–Kier alpha value is -1.58. The van der Waals surface area contributed by atoms with Gasteiger partial charge in [0.2, 0.25) is 0 Å². The van der Waals surface area contributed by atoms with Crippen LogP contribution in [0.5, 0.6) is 0 Å². The molecule has 2 aromatic carbocycles. The maximum Gasteiger partial charge on any atom is 0.253 e. The number of fused-ring (bicyclic) bond motifs is 1. The first-order valence-electron chi connectivity index (χ1n) is 6.11. The number of hydrogen-bond acceptors (Lipinski definition) is 2. The Bertz CT molecular complexity index is 557. The molecule has 0 bridgehead atoms. The summed E-state index contributed by atoms with van der Waals surface area (Å²) in [4.78, 5) is 13.9. The molecule has 0 aromatic heterocycles. The van der Waals surface area contributed by atoms with Crippen LogP contribution in [0.1, 0.15) is 10.4 Å². The lowest BCUT2D eigenvalue weighted by molar-refractivity contribution is 0.0797. The second-order valence-electron chi connectivity index (χ2n) is 4.39. The van der Waals surface area contributed by atoms with E-state index in [1.54, 1.807) is 4.90 Å². The zero-order chi connectivity index (χ0) is 13.0. The first-order chi connectivity index (χ1) is 8.72. The first-order valence-corrected chi connectivity index (χ1v) is 6.11. The van der Waals surface area contributed by atoms with E-state index in [1.807, 2.05) is 56.6 Å². The summed E-state index contributed by atoms with van der Waals surface area (Å²) >= 11 is 0. The summed E-state index contributed by atoms with van der Waals surface area (Å²) in [7, 11) is 3.71. The Morgan fingerprint density at radius 3 is 2.53 bits per heavy atom. The Labute approximate surface area is 120 Å². The van der Waals surface area contributed by atoms with Gasteiger partial charge in [0.15, 0.2) is 0 Å². The predicted molar refractivity (Wildman–Crippen MR) is 82.1 cm³/mol. The number of halogens is 1. The van der Waals surface area contributed by atoms with E-state index < -0.39 is 0 Å². The van der Waals surface area contributed by atoms with Crippen LogP contribution in [0.4, 0.5) is 0 Å². The molecule has 2 rings (SSSR count). The molecule has 0 fully saturated rings. The van der Waals surface area contributed by atoms with Gasteiger partial charge in [0.05, 0.1) is 0 Å². The Balaban J connectivity index is 0.00000180. The fourth-order valence-electron chi connectivity index (χ4n) is 1.92. The Kier molecular flexibility index (Phi) is 5.80. The molecule has 0 spiro atoms. The van der Waals surface area contributed by atoms with Crippen molar-refractivity contribution in [3.05, 3.63) is 48.0 Å². The second kappa shape index (κ2) is 7.12. The maximum absolute atomic E-state index is 12.2. The number of benzene rings is 2. The fraction of sp³-hybridized carbons (Fsp3) is 0.267. The van der Waals surface area contributed by atoms with Crippen molar-refractivity contribution in [2.45, 2.75) is 0 Å². The van der Waals surface area contributed by atoms with Gasteiger partial charge >= 0.3 is 0 Å². The summed E-state index contributed by atoms with van der Waals surface area (Å²) in [6, 6.07) is 13.9. The highest BCUT2D eigenvalue weighted by Gasteiger charge is 2.11. The van der Waals surface area contributed by atoms with E-state index in [9.17, 15) is 4.79 Å². The number of rotatable bonds is 4. The van der Waals surface area contributed by atoms with Crippen LogP contribution in [0.3, 0.4) is 0 Å². The Morgan fingerprint density at radius 2 is 1.84 bits per heavy atom. The van der Waals surface area contributed by atoms with Gasteiger partial charge in [-0.15, -0.1) is 12.4 Å². The summed E-state index contributed by atoms with van der Waals surface area (Å²) in [5.74, 6) is 0.0657. The molecular formula is C15H19ClN2O. The van der Waals surface area contributed by atoms with Gasteiger partial charge in [-0.2, -0.15) is 0 Å². The van der Waals surface area contributed by atoms with Crippen molar-refractivity contribution in [2.75, 3.05) is 27.2 Å². The van der Waals surface area contributed by atoms with Gasteiger partial charge in [0, 0.05) is 25.7 Å². The minimum atomic E-state index is 0. The van der Waals surface area contributed by atoms with Crippen LogP contribution in [-0.4, -0.2) is 38.0 Å². The fourth-order valence-corrected chi connectivity index (χ4v) is 1.92. The lowest BCUT2D eigenvalue weighted by Crippen LogP contribution is -2.32. The molecule has 4 heteroatoms. The van der Waals surface area contributed by atoms with Crippen LogP contribution in [0.25, 0.3) is 10.8 Å².